The van der Waals surface area contributed by atoms with Gasteiger partial charge in [0.2, 0.25) is 0 Å². The quantitative estimate of drug-likeness (QED) is 0.122. The molecular formula is C32H52O3P+. The van der Waals surface area contributed by atoms with Gasteiger partial charge in [-0.15, -0.1) is 0 Å². The summed E-state index contributed by atoms with van der Waals surface area (Å²) in [6.07, 6.45) is 15.8. The molecule has 0 saturated carbocycles. The maximum absolute atomic E-state index is 6.61. The molecule has 0 radical (unpaired) electrons. The van der Waals surface area contributed by atoms with Crippen molar-refractivity contribution in [3.63, 3.8) is 0 Å². The Morgan fingerprint density at radius 1 is 0.528 bits per heavy atom. The van der Waals surface area contributed by atoms with Crippen LogP contribution in [0.2, 0.25) is 0 Å². The second-order valence-electron chi connectivity index (χ2n) is 10.9. The van der Waals surface area contributed by atoms with Gasteiger partial charge >= 0.3 is 7.94 Å². The van der Waals surface area contributed by atoms with Gasteiger partial charge in [0.25, 0.3) is 0 Å². The Labute approximate surface area is 222 Å². The van der Waals surface area contributed by atoms with Gasteiger partial charge in [-0.2, -0.15) is 4.52 Å². The standard InChI is InChI=1S/C32H52O3P/c1-29(2)21-13-7-5-9-19-27-33-36(34-31-23-15-11-16-24-31,35-32-25-17-12-18-26-32)28-20-10-6-8-14-22-30(3)4/h11-12,15-18,23-26,29-30H,5-10,13-14,19-22,27-28H2,1-4H3/q+1. The molecule has 2 aromatic rings. The lowest BCUT2D eigenvalue weighted by atomic mass is 10.0. The third-order valence-electron chi connectivity index (χ3n) is 6.40. The fourth-order valence-electron chi connectivity index (χ4n) is 4.29. The summed E-state index contributed by atoms with van der Waals surface area (Å²) < 4.78 is 19.8. The molecule has 0 atom stereocenters. The number of hydrogen-bond acceptors (Lipinski definition) is 3. The third kappa shape index (κ3) is 14.2. The van der Waals surface area contributed by atoms with Crippen LogP contribution >= 0.6 is 7.94 Å². The van der Waals surface area contributed by atoms with Crippen molar-refractivity contribution in [3.8, 4) is 11.5 Å². The van der Waals surface area contributed by atoms with Crippen LogP contribution in [0, 0.1) is 11.8 Å². The maximum atomic E-state index is 6.61. The fourth-order valence-corrected chi connectivity index (χ4v) is 6.65. The molecule has 0 saturated heterocycles. The maximum Gasteiger partial charge on any atom is 0.497 e. The normalized spacial score (nSPS) is 11.8. The van der Waals surface area contributed by atoms with Crippen molar-refractivity contribution in [2.75, 3.05) is 12.8 Å². The number of para-hydroxylation sites is 2. The van der Waals surface area contributed by atoms with Gasteiger partial charge in [-0.25, -0.2) is 0 Å². The van der Waals surface area contributed by atoms with Gasteiger partial charge < -0.3 is 0 Å². The van der Waals surface area contributed by atoms with Gasteiger partial charge in [0.15, 0.2) is 17.7 Å². The van der Waals surface area contributed by atoms with E-state index in [1.54, 1.807) is 0 Å². The zero-order valence-corrected chi connectivity index (χ0v) is 24.4. The van der Waals surface area contributed by atoms with E-state index in [1.807, 2.05) is 60.7 Å². The van der Waals surface area contributed by atoms with Crippen LogP contribution < -0.4 is 9.05 Å². The molecule has 0 heterocycles. The third-order valence-corrected chi connectivity index (χ3v) is 8.82. The van der Waals surface area contributed by atoms with Gasteiger partial charge in [0.1, 0.15) is 0 Å². The molecule has 0 aliphatic carbocycles. The summed E-state index contributed by atoms with van der Waals surface area (Å²) in [4.78, 5) is 0. The van der Waals surface area contributed by atoms with E-state index in [-0.39, 0.29) is 0 Å². The Bertz CT molecular complexity index is 722. The largest absolute Gasteiger partial charge is 0.497 e. The molecule has 3 nitrogen and oxygen atoms in total. The predicted molar refractivity (Wildman–Crippen MR) is 157 cm³/mol. The van der Waals surface area contributed by atoms with Crippen molar-refractivity contribution in [2.45, 2.75) is 105 Å². The molecule has 36 heavy (non-hydrogen) atoms. The van der Waals surface area contributed by atoms with E-state index in [0.717, 1.165) is 42.3 Å². The average molecular weight is 516 g/mol. The Hall–Kier alpha value is -1.57. The lowest BCUT2D eigenvalue weighted by Crippen LogP contribution is -2.17. The van der Waals surface area contributed by atoms with E-state index in [9.17, 15) is 0 Å². The van der Waals surface area contributed by atoms with Crippen LogP contribution in [-0.4, -0.2) is 12.8 Å². The van der Waals surface area contributed by atoms with E-state index < -0.39 is 7.94 Å². The molecule has 0 bridgehead atoms. The molecule has 0 N–H and O–H groups in total. The van der Waals surface area contributed by atoms with Crippen molar-refractivity contribution in [1.29, 1.82) is 0 Å². The van der Waals surface area contributed by atoms with Crippen molar-refractivity contribution >= 4 is 7.94 Å². The van der Waals surface area contributed by atoms with Gasteiger partial charge in [-0.3, -0.25) is 9.05 Å². The fraction of sp³-hybridized carbons (Fsp3) is 0.625. The van der Waals surface area contributed by atoms with Crippen LogP contribution in [0.5, 0.6) is 11.5 Å². The van der Waals surface area contributed by atoms with Crippen molar-refractivity contribution in [2.24, 2.45) is 11.8 Å². The molecule has 2 aromatic carbocycles. The summed E-state index contributed by atoms with van der Waals surface area (Å²) in [5, 5.41) is 0. The SMILES string of the molecule is CC(C)CCCCCCCO[P+](CCCCCCCC(C)C)(Oc1ccccc1)Oc1ccccc1. The summed E-state index contributed by atoms with van der Waals surface area (Å²) in [5.41, 5.74) is 0. The van der Waals surface area contributed by atoms with E-state index in [1.165, 1.54) is 64.2 Å². The first kappa shape index (κ1) is 30.7. The Morgan fingerprint density at radius 2 is 0.944 bits per heavy atom. The van der Waals surface area contributed by atoms with Crippen molar-refractivity contribution in [1.82, 2.24) is 0 Å². The Kier molecular flexibility index (Phi) is 15.9. The van der Waals surface area contributed by atoms with E-state index in [0.29, 0.717) is 6.61 Å². The molecule has 0 unspecified atom stereocenters. The lowest BCUT2D eigenvalue weighted by molar-refractivity contribution is 0.234. The number of benzene rings is 2. The predicted octanol–water partition coefficient (Wildman–Crippen LogP) is 10.9. The number of rotatable bonds is 21. The summed E-state index contributed by atoms with van der Waals surface area (Å²) >= 11 is 0. The highest BCUT2D eigenvalue weighted by molar-refractivity contribution is 7.62. The van der Waals surface area contributed by atoms with Gasteiger partial charge in [0, 0.05) is 0 Å². The van der Waals surface area contributed by atoms with Crippen LogP contribution in [0.4, 0.5) is 0 Å². The summed E-state index contributed by atoms with van der Waals surface area (Å²) in [6.45, 7) is 9.92. The van der Waals surface area contributed by atoms with E-state index in [4.69, 9.17) is 13.6 Å². The second-order valence-corrected chi connectivity index (χ2v) is 13.2. The Balaban J connectivity index is 1.97. The molecule has 0 aromatic heterocycles. The van der Waals surface area contributed by atoms with E-state index in [2.05, 4.69) is 27.7 Å². The molecule has 202 valence electrons. The smallest absolute Gasteiger partial charge is 0.278 e. The van der Waals surface area contributed by atoms with Crippen LogP contribution in [0.25, 0.3) is 0 Å². The van der Waals surface area contributed by atoms with Gasteiger partial charge in [-0.1, -0.05) is 122 Å². The summed E-state index contributed by atoms with van der Waals surface area (Å²) in [7, 11) is -2.59. The average Bonchev–Trinajstić information content (AvgIpc) is 2.86. The first-order chi connectivity index (χ1) is 17.5. The minimum Gasteiger partial charge on any atom is -0.278 e. The second kappa shape index (κ2) is 18.6. The molecular weight excluding hydrogens is 463 g/mol. The first-order valence-corrected chi connectivity index (χ1v) is 16.2. The molecule has 0 fully saturated rings. The highest BCUT2D eigenvalue weighted by atomic mass is 31.2. The molecule has 4 heteroatoms. The first-order valence-electron chi connectivity index (χ1n) is 14.5. The van der Waals surface area contributed by atoms with Gasteiger partial charge in [0.05, 0.1) is 6.61 Å². The monoisotopic (exact) mass is 515 g/mol. The molecule has 0 aliphatic rings. The van der Waals surface area contributed by atoms with E-state index >= 15 is 0 Å². The minimum atomic E-state index is -2.59. The van der Waals surface area contributed by atoms with Crippen LogP contribution in [0.1, 0.15) is 105 Å². The van der Waals surface area contributed by atoms with Crippen LogP contribution in [0.15, 0.2) is 60.7 Å². The van der Waals surface area contributed by atoms with Crippen LogP contribution in [0.3, 0.4) is 0 Å². The molecule has 2 rings (SSSR count). The summed E-state index contributed by atoms with van der Waals surface area (Å²) in [5.74, 6) is 3.25. The lowest BCUT2D eigenvalue weighted by Gasteiger charge is -2.23. The molecule has 0 spiro atoms. The highest BCUT2D eigenvalue weighted by Gasteiger charge is 2.47. The topological polar surface area (TPSA) is 27.7 Å². The van der Waals surface area contributed by atoms with Crippen molar-refractivity contribution in [3.05, 3.63) is 60.7 Å². The molecule has 0 amide bonds. The van der Waals surface area contributed by atoms with Crippen LogP contribution in [-0.2, 0) is 4.52 Å². The number of hydrogen-bond donors (Lipinski definition) is 0. The minimum absolute atomic E-state index is 0.687. The van der Waals surface area contributed by atoms with Gasteiger partial charge in [-0.05, 0) is 55.4 Å². The van der Waals surface area contributed by atoms with Crippen molar-refractivity contribution < 1.29 is 13.6 Å². The molecule has 0 aliphatic heterocycles. The zero-order chi connectivity index (χ0) is 25.9. The summed E-state index contributed by atoms with van der Waals surface area (Å²) in [6, 6.07) is 20.1. The number of unbranched alkanes of at least 4 members (excludes halogenated alkanes) is 8. The zero-order valence-electron chi connectivity index (χ0n) is 23.5. The Morgan fingerprint density at radius 3 is 1.42 bits per heavy atom. The highest BCUT2D eigenvalue weighted by Crippen LogP contribution is 2.61.